The first-order chi connectivity index (χ1) is 6.53. The van der Waals surface area contributed by atoms with Gasteiger partial charge in [-0.15, -0.1) is 0 Å². The van der Waals surface area contributed by atoms with Gasteiger partial charge in [-0.1, -0.05) is 23.8 Å². The molecular formula is C11H16O3. The minimum atomic E-state index is -1.64. The summed E-state index contributed by atoms with van der Waals surface area (Å²) >= 11 is 0. The maximum atomic E-state index is 9.93. The molecule has 14 heavy (non-hydrogen) atoms. The number of ether oxygens (including phenoxy) is 2. The third kappa shape index (κ3) is 1.95. The zero-order valence-corrected chi connectivity index (χ0v) is 9.00. The number of rotatable bonds is 3. The molecule has 1 rings (SSSR count). The van der Waals surface area contributed by atoms with Crippen molar-refractivity contribution in [2.75, 3.05) is 14.2 Å². The molecule has 0 bridgehead atoms. The normalized spacial score (nSPS) is 11.8. The van der Waals surface area contributed by atoms with Gasteiger partial charge in [0.1, 0.15) is 0 Å². The summed E-state index contributed by atoms with van der Waals surface area (Å²) in [5.41, 5.74) is 2.71. The first kappa shape index (κ1) is 11.2. The summed E-state index contributed by atoms with van der Waals surface area (Å²) in [7, 11) is 2.81. The summed E-state index contributed by atoms with van der Waals surface area (Å²) in [6, 6.07) is 5.68. The molecule has 0 saturated heterocycles. The highest BCUT2D eigenvalue weighted by molar-refractivity contribution is 5.32. The molecule has 1 aromatic carbocycles. The van der Waals surface area contributed by atoms with Gasteiger partial charge in [0.05, 0.1) is 0 Å². The second-order valence-electron chi connectivity index (χ2n) is 3.31. The van der Waals surface area contributed by atoms with Crippen LogP contribution < -0.4 is 0 Å². The molecule has 0 unspecified atom stereocenters. The van der Waals surface area contributed by atoms with E-state index < -0.39 is 5.97 Å². The highest BCUT2D eigenvalue weighted by Gasteiger charge is 2.30. The van der Waals surface area contributed by atoms with Gasteiger partial charge < -0.3 is 14.6 Å². The number of hydrogen-bond acceptors (Lipinski definition) is 3. The average molecular weight is 196 g/mol. The van der Waals surface area contributed by atoms with Crippen molar-refractivity contribution in [1.29, 1.82) is 0 Å². The highest BCUT2D eigenvalue weighted by Crippen LogP contribution is 2.26. The van der Waals surface area contributed by atoms with Crippen molar-refractivity contribution in [2.24, 2.45) is 0 Å². The summed E-state index contributed by atoms with van der Waals surface area (Å²) in [5, 5.41) is 9.93. The fraction of sp³-hybridized carbons (Fsp3) is 0.455. The van der Waals surface area contributed by atoms with Gasteiger partial charge in [0.15, 0.2) is 0 Å². The van der Waals surface area contributed by atoms with Crippen LogP contribution in [0.1, 0.15) is 16.7 Å². The summed E-state index contributed by atoms with van der Waals surface area (Å²) in [6.45, 7) is 3.90. The van der Waals surface area contributed by atoms with Gasteiger partial charge in [0, 0.05) is 19.8 Å². The third-order valence-corrected chi connectivity index (χ3v) is 2.28. The van der Waals surface area contributed by atoms with E-state index >= 15 is 0 Å². The maximum Gasteiger partial charge on any atom is 0.309 e. The predicted molar refractivity (Wildman–Crippen MR) is 53.8 cm³/mol. The Morgan fingerprint density at radius 2 is 1.71 bits per heavy atom. The van der Waals surface area contributed by atoms with Gasteiger partial charge in [-0.2, -0.15) is 0 Å². The monoisotopic (exact) mass is 196 g/mol. The summed E-state index contributed by atoms with van der Waals surface area (Å²) in [6.07, 6.45) is 0. The molecule has 0 spiro atoms. The molecule has 1 N–H and O–H groups in total. The molecule has 0 atom stereocenters. The van der Waals surface area contributed by atoms with E-state index in [1.807, 2.05) is 26.0 Å². The zero-order valence-electron chi connectivity index (χ0n) is 9.00. The van der Waals surface area contributed by atoms with Crippen LogP contribution in [0.5, 0.6) is 0 Å². The minimum absolute atomic E-state index is 0.633. The Morgan fingerprint density at radius 1 is 1.14 bits per heavy atom. The molecule has 0 radical (unpaired) electrons. The highest BCUT2D eigenvalue weighted by atomic mass is 16.8. The Kier molecular flexibility index (Phi) is 3.26. The molecule has 0 aliphatic carbocycles. The zero-order chi connectivity index (χ0) is 10.8. The lowest BCUT2D eigenvalue weighted by molar-refractivity contribution is -0.352. The molecule has 0 heterocycles. The fourth-order valence-corrected chi connectivity index (χ4v) is 1.47. The van der Waals surface area contributed by atoms with E-state index in [2.05, 4.69) is 0 Å². The van der Waals surface area contributed by atoms with Crippen molar-refractivity contribution in [1.82, 2.24) is 0 Å². The van der Waals surface area contributed by atoms with Crippen LogP contribution in [0.4, 0.5) is 0 Å². The predicted octanol–water partition coefficient (Wildman–Crippen LogP) is 1.70. The van der Waals surface area contributed by atoms with Crippen molar-refractivity contribution < 1.29 is 14.6 Å². The lowest BCUT2D eigenvalue weighted by Crippen LogP contribution is -2.31. The van der Waals surface area contributed by atoms with Crippen molar-refractivity contribution in [3.8, 4) is 0 Å². The van der Waals surface area contributed by atoms with Gasteiger partial charge in [-0.05, 0) is 19.4 Å². The standard InChI is InChI=1S/C11H16O3/c1-8-5-6-10(9(2)7-8)11(12,13-3)14-4/h5-7,12H,1-4H3. The van der Waals surface area contributed by atoms with Crippen molar-refractivity contribution in [3.05, 3.63) is 34.9 Å². The molecule has 1 aromatic rings. The largest absolute Gasteiger partial charge is 0.339 e. The van der Waals surface area contributed by atoms with Crippen LogP contribution in [0.2, 0.25) is 0 Å². The topological polar surface area (TPSA) is 38.7 Å². The quantitative estimate of drug-likeness (QED) is 0.748. The Bertz CT molecular complexity index is 316. The van der Waals surface area contributed by atoms with Gasteiger partial charge in [0.25, 0.3) is 0 Å². The first-order valence-electron chi connectivity index (χ1n) is 4.44. The molecule has 0 aliphatic rings. The molecule has 78 valence electrons. The molecule has 0 fully saturated rings. The van der Waals surface area contributed by atoms with E-state index in [1.54, 1.807) is 6.07 Å². The number of aryl methyl sites for hydroxylation is 2. The molecule has 3 nitrogen and oxygen atoms in total. The molecule has 0 saturated carbocycles. The number of methoxy groups -OCH3 is 2. The van der Waals surface area contributed by atoms with E-state index in [9.17, 15) is 5.11 Å². The molecule has 0 amide bonds. The SMILES string of the molecule is COC(O)(OC)c1ccc(C)cc1C. The van der Waals surface area contributed by atoms with E-state index in [1.165, 1.54) is 14.2 Å². The molecule has 0 aliphatic heterocycles. The van der Waals surface area contributed by atoms with E-state index in [0.717, 1.165) is 11.1 Å². The number of benzene rings is 1. The van der Waals surface area contributed by atoms with Crippen LogP contribution in [-0.4, -0.2) is 19.3 Å². The lowest BCUT2D eigenvalue weighted by Gasteiger charge is -2.26. The Labute approximate surface area is 84.3 Å². The smallest absolute Gasteiger partial charge is 0.309 e. The summed E-state index contributed by atoms with van der Waals surface area (Å²) in [5.74, 6) is -1.64. The van der Waals surface area contributed by atoms with Crippen LogP contribution in [0.25, 0.3) is 0 Å². The van der Waals surface area contributed by atoms with Crippen molar-refractivity contribution in [2.45, 2.75) is 19.8 Å². The number of hydrogen-bond donors (Lipinski definition) is 1. The minimum Gasteiger partial charge on any atom is -0.339 e. The Hall–Kier alpha value is -0.900. The van der Waals surface area contributed by atoms with Crippen LogP contribution in [0.15, 0.2) is 18.2 Å². The van der Waals surface area contributed by atoms with Gasteiger partial charge in [0.2, 0.25) is 0 Å². The average Bonchev–Trinajstić information content (AvgIpc) is 2.17. The van der Waals surface area contributed by atoms with E-state index in [4.69, 9.17) is 9.47 Å². The Balaban J connectivity index is 3.17. The number of aliphatic hydroxyl groups is 1. The van der Waals surface area contributed by atoms with E-state index in [0.29, 0.717) is 5.56 Å². The third-order valence-electron chi connectivity index (χ3n) is 2.28. The maximum absolute atomic E-state index is 9.93. The summed E-state index contributed by atoms with van der Waals surface area (Å²) < 4.78 is 9.85. The van der Waals surface area contributed by atoms with E-state index in [-0.39, 0.29) is 0 Å². The van der Waals surface area contributed by atoms with Crippen LogP contribution in [-0.2, 0) is 15.4 Å². The molecule has 3 heteroatoms. The van der Waals surface area contributed by atoms with Crippen molar-refractivity contribution >= 4 is 0 Å². The molecular weight excluding hydrogens is 180 g/mol. The van der Waals surface area contributed by atoms with Crippen LogP contribution in [0, 0.1) is 13.8 Å². The van der Waals surface area contributed by atoms with Crippen LogP contribution >= 0.6 is 0 Å². The van der Waals surface area contributed by atoms with Gasteiger partial charge in [-0.25, -0.2) is 0 Å². The lowest BCUT2D eigenvalue weighted by atomic mass is 10.0. The fourth-order valence-electron chi connectivity index (χ4n) is 1.47. The summed E-state index contributed by atoms with van der Waals surface area (Å²) in [4.78, 5) is 0. The second kappa shape index (κ2) is 4.09. The van der Waals surface area contributed by atoms with Crippen molar-refractivity contribution in [3.63, 3.8) is 0 Å². The van der Waals surface area contributed by atoms with Crippen LogP contribution in [0.3, 0.4) is 0 Å². The van der Waals surface area contributed by atoms with Gasteiger partial charge >= 0.3 is 5.97 Å². The van der Waals surface area contributed by atoms with Gasteiger partial charge in [-0.3, -0.25) is 0 Å². The second-order valence-corrected chi connectivity index (χ2v) is 3.31. The first-order valence-corrected chi connectivity index (χ1v) is 4.44. The Morgan fingerprint density at radius 3 is 2.14 bits per heavy atom. The molecule has 0 aromatic heterocycles.